The smallest absolute Gasteiger partial charge is 0.465 e. The molecule has 0 aliphatic heterocycles. The van der Waals surface area contributed by atoms with Crippen molar-refractivity contribution in [3.63, 3.8) is 0 Å². The quantitative estimate of drug-likeness (QED) is 0.833. The van der Waals surface area contributed by atoms with Crippen molar-refractivity contribution < 1.29 is 19.2 Å². The molecular weight excluding hydrogens is 269 g/mol. The minimum atomic E-state index is -1.30. The third kappa shape index (κ3) is 3.11. The van der Waals surface area contributed by atoms with Gasteiger partial charge in [0.15, 0.2) is 0 Å². The van der Waals surface area contributed by atoms with Crippen molar-refractivity contribution in [1.82, 2.24) is 0 Å². The zero-order valence-electron chi connectivity index (χ0n) is 12.5. The summed E-state index contributed by atoms with van der Waals surface area (Å²) < 4.78 is 11.0. The van der Waals surface area contributed by atoms with Gasteiger partial charge in [0.1, 0.15) is 11.2 Å². The zero-order valence-corrected chi connectivity index (χ0v) is 12.5. The Hall–Kier alpha value is -1.81. The lowest BCUT2D eigenvalue weighted by atomic mass is 9.81. The van der Waals surface area contributed by atoms with Crippen LogP contribution in [0.4, 0.5) is 0 Å². The van der Waals surface area contributed by atoms with Gasteiger partial charge in [-0.05, 0) is 52.0 Å². The third-order valence-electron chi connectivity index (χ3n) is 3.79. The molecular formula is C15H18BNO4. The van der Waals surface area contributed by atoms with Crippen molar-refractivity contribution in [1.29, 1.82) is 5.26 Å². The van der Waals surface area contributed by atoms with Crippen LogP contribution in [0.1, 0.15) is 33.3 Å². The van der Waals surface area contributed by atoms with E-state index in [9.17, 15) is 10.1 Å². The van der Waals surface area contributed by atoms with E-state index in [-0.39, 0.29) is 5.66 Å². The molecule has 0 saturated heterocycles. The Labute approximate surface area is 123 Å². The Morgan fingerprint density at radius 2 is 1.90 bits per heavy atom. The van der Waals surface area contributed by atoms with Crippen molar-refractivity contribution in [2.24, 2.45) is 0 Å². The normalized spacial score (nSPS) is 12.4. The lowest BCUT2D eigenvalue weighted by Crippen LogP contribution is -2.52. The van der Waals surface area contributed by atoms with E-state index in [1.807, 2.05) is 6.07 Å². The molecule has 0 aliphatic carbocycles. The average molecular weight is 287 g/mol. The fourth-order valence-electron chi connectivity index (χ4n) is 1.72. The second kappa shape index (κ2) is 5.19. The molecule has 2 aromatic rings. The van der Waals surface area contributed by atoms with E-state index in [1.165, 1.54) is 0 Å². The highest BCUT2D eigenvalue weighted by Gasteiger charge is 2.40. The molecule has 0 spiro atoms. The molecule has 0 atom stereocenters. The molecule has 2 rings (SSSR count). The summed E-state index contributed by atoms with van der Waals surface area (Å²) in [6.07, 6.45) is 0. The summed E-state index contributed by atoms with van der Waals surface area (Å²) in [6.45, 7) is 6.59. The van der Waals surface area contributed by atoms with Crippen LogP contribution in [-0.2, 0) is 4.65 Å². The first-order valence-electron chi connectivity index (χ1n) is 6.66. The second-order valence-electron chi connectivity index (χ2n) is 6.05. The largest absolute Gasteiger partial charge is 0.529 e. The predicted octanol–water partition coefficient (Wildman–Crippen LogP) is 1.56. The maximum absolute atomic E-state index is 10.2. The van der Waals surface area contributed by atoms with Gasteiger partial charge in [0.05, 0.1) is 22.8 Å². The van der Waals surface area contributed by atoms with E-state index in [1.54, 1.807) is 52.0 Å². The third-order valence-corrected chi connectivity index (χ3v) is 3.79. The molecule has 2 N–H and O–H groups in total. The Bertz CT molecular complexity index is 694. The van der Waals surface area contributed by atoms with Gasteiger partial charge in [-0.1, -0.05) is 0 Å². The van der Waals surface area contributed by atoms with Crippen LogP contribution in [0.5, 0.6) is 0 Å². The second-order valence-corrected chi connectivity index (χ2v) is 6.05. The predicted molar refractivity (Wildman–Crippen MR) is 80.0 cm³/mol. The Kier molecular flexibility index (Phi) is 3.85. The number of aliphatic hydroxyl groups is 1. The van der Waals surface area contributed by atoms with Crippen LogP contribution in [0, 0.1) is 11.3 Å². The van der Waals surface area contributed by atoms with E-state index in [0.29, 0.717) is 11.1 Å². The van der Waals surface area contributed by atoms with Crippen molar-refractivity contribution in [3.05, 3.63) is 29.8 Å². The number of nitrogens with zero attached hydrogens (tertiary/aromatic N) is 1. The first-order chi connectivity index (χ1) is 9.64. The molecule has 0 radical (unpaired) electrons. The monoisotopic (exact) mass is 287 g/mol. The highest BCUT2D eigenvalue weighted by Crippen LogP contribution is 2.26. The maximum atomic E-state index is 10.2. The maximum Gasteiger partial charge on any atom is 0.529 e. The topological polar surface area (TPSA) is 86.6 Å². The highest BCUT2D eigenvalue weighted by atomic mass is 16.6. The van der Waals surface area contributed by atoms with Crippen molar-refractivity contribution in [3.8, 4) is 6.07 Å². The Morgan fingerprint density at radius 1 is 1.24 bits per heavy atom. The van der Waals surface area contributed by atoms with Crippen LogP contribution in [-0.4, -0.2) is 28.5 Å². The summed E-state index contributed by atoms with van der Waals surface area (Å²) in [5.74, 6) is 0. The molecule has 6 heteroatoms. The Balaban J connectivity index is 2.28. The number of rotatable bonds is 4. The van der Waals surface area contributed by atoms with E-state index >= 15 is 0 Å². The van der Waals surface area contributed by atoms with E-state index in [4.69, 9.17) is 14.3 Å². The molecule has 0 saturated carbocycles. The summed E-state index contributed by atoms with van der Waals surface area (Å²) in [4.78, 5) is 0. The van der Waals surface area contributed by atoms with Gasteiger partial charge in [0.25, 0.3) is 0 Å². The number of hydrogen-bond acceptors (Lipinski definition) is 5. The lowest BCUT2D eigenvalue weighted by Gasteiger charge is -2.38. The number of nitriles is 1. The fraction of sp³-hybridized carbons (Fsp3) is 0.400. The van der Waals surface area contributed by atoms with Crippen molar-refractivity contribution in [2.45, 2.75) is 38.9 Å². The molecule has 0 unspecified atom stereocenters. The number of hydrogen-bond donors (Lipinski definition) is 2. The summed E-state index contributed by atoms with van der Waals surface area (Å²) in [7, 11) is -1.30. The van der Waals surface area contributed by atoms with Gasteiger partial charge in [0, 0.05) is 5.39 Å². The van der Waals surface area contributed by atoms with Gasteiger partial charge in [-0.3, -0.25) is 0 Å². The van der Waals surface area contributed by atoms with Gasteiger partial charge in [-0.2, -0.15) is 5.26 Å². The fourth-order valence-corrected chi connectivity index (χ4v) is 1.72. The first kappa shape index (κ1) is 15.6. The number of benzene rings is 1. The molecule has 21 heavy (non-hydrogen) atoms. The molecule has 0 fully saturated rings. The summed E-state index contributed by atoms with van der Waals surface area (Å²) in [6, 6.07) is 8.71. The first-order valence-corrected chi connectivity index (χ1v) is 6.66. The van der Waals surface area contributed by atoms with Gasteiger partial charge >= 0.3 is 7.12 Å². The molecule has 110 valence electrons. The molecule has 0 amide bonds. The molecule has 1 heterocycles. The SMILES string of the molecule is CC(C)(O)C(C)(C)OB(O)c1cc2ccc(C#N)cc2o1. The van der Waals surface area contributed by atoms with Crippen molar-refractivity contribution >= 4 is 23.7 Å². The number of furan rings is 1. The summed E-state index contributed by atoms with van der Waals surface area (Å²) in [5, 5.41) is 29.8. The molecule has 5 nitrogen and oxygen atoms in total. The zero-order chi connectivity index (χ0) is 15.8. The van der Waals surface area contributed by atoms with Crippen LogP contribution in [0.15, 0.2) is 28.7 Å². The average Bonchev–Trinajstić information content (AvgIpc) is 2.79. The highest BCUT2D eigenvalue weighted by molar-refractivity contribution is 6.59. The van der Waals surface area contributed by atoms with Crippen LogP contribution in [0.25, 0.3) is 11.0 Å². The van der Waals surface area contributed by atoms with Crippen LogP contribution in [0.3, 0.4) is 0 Å². The van der Waals surface area contributed by atoms with Gasteiger partial charge in [0.2, 0.25) is 0 Å². The van der Waals surface area contributed by atoms with Gasteiger partial charge in [-0.15, -0.1) is 0 Å². The molecule has 1 aromatic heterocycles. The lowest BCUT2D eigenvalue weighted by molar-refractivity contribution is -0.0986. The van der Waals surface area contributed by atoms with E-state index in [0.717, 1.165) is 5.39 Å². The Morgan fingerprint density at radius 3 is 2.48 bits per heavy atom. The minimum absolute atomic E-state index is 0.234. The van der Waals surface area contributed by atoms with E-state index in [2.05, 4.69) is 0 Å². The molecule has 0 bridgehead atoms. The van der Waals surface area contributed by atoms with Crippen LogP contribution < -0.4 is 5.66 Å². The van der Waals surface area contributed by atoms with Crippen LogP contribution >= 0.6 is 0 Å². The van der Waals surface area contributed by atoms with Gasteiger partial charge in [-0.25, -0.2) is 0 Å². The van der Waals surface area contributed by atoms with Crippen LogP contribution in [0.2, 0.25) is 0 Å². The minimum Gasteiger partial charge on any atom is -0.465 e. The summed E-state index contributed by atoms with van der Waals surface area (Å²) in [5.41, 5.74) is -0.877. The molecule has 1 aromatic carbocycles. The van der Waals surface area contributed by atoms with E-state index < -0.39 is 18.3 Å². The standard InChI is InChI=1S/C15H18BNO4/c1-14(2,18)15(3,4)21-16(19)13-8-11-6-5-10(9-17)7-12(11)20-13/h5-8,18-19H,1-4H3. The summed E-state index contributed by atoms with van der Waals surface area (Å²) >= 11 is 0. The van der Waals surface area contributed by atoms with Crippen molar-refractivity contribution in [2.75, 3.05) is 0 Å². The van der Waals surface area contributed by atoms with Gasteiger partial charge < -0.3 is 19.2 Å². The molecule has 0 aliphatic rings. The number of fused-ring (bicyclic) bond motifs is 1.